The van der Waals surface area contributed by atoms with Crippen LogP contribution in [0.5, 0.6) is 0 Å². The van der Waals surface area contributed by atoms with Crippen LogP contribution in [0.2, 0.25) is 0 Å². The molecule has 1 unspecified atom stereocenters. The van der Waals surface area contributed by atoms with Crippen molar-refractivity contribution in [2.24, 2.45) is 0 Å². The number of hydrogen-bond acceptors (Lipinski definition) is 6. The second-order valence-corrected chi connectivity index (χ2v) is 9.73. The Kier molecular flexibility index (Phi) is 5.43. The lowest BCUT2D eigenvalue weighted by Crippen LogP contribution is -2.42. The highest BCUT2D eigenvalue weighted by atomic mass is 16.7. The molecule has 1 aromatic carbocycles. The molecule has 2 heterocycles. The molecule has 0 bridgehead atoms. The smallest absolute Gasteiger partial charge is 0.459 e. The van der Waals surface area contributed by atoms with Crippen LogP contribution < -0.4 is 5.46 Å². The summed E-state index contributed by atoms with van der Waals surface area (Å²) in [5.74, 6) is -0.336. The molecule has 0 radical (unpaired) electrons. The van der Waals surface area contributed by atoms with E-state index in [-0.39, 0.29) is 12.5 Å². The number of aliphatic hydroxyl groups excluding tert-OH is 1. The highest BCUT2D eigenvalue weighted by molar-refractivity contribution is 6.62. The second kappa shape index (κ2) is 7.13. The van der Waals surface area contributed by atoms with Crippen molar-refractivity contribution in [1.82, 2.24) is 4.90 Å². The minimum absolute atomic E-state index is 0.0542. The molecule has 28 heavy (non-hydrogen) atoms. The molecule has 1 fully saturated rings. The van der Waals surface area contributed by atoms with Gasteiger partial charge in [0.25, 0.3) is 0 Å². The Hall–Kier alpha value is -1.41. The largest absolute Gasteiger partial charge is 0.494 e. The van der Waals surface area contributed by atoms with Gasteiger partial charge in [0.1, 0.15) is 11.8 Å². The maximum absolute atomic E-state index is 12.2. The summed E-state index contributed by atoms with van der Waals surface area (Å²) >= 11 is 0. The first-order valence-electron chi connectivity index (χ1n) is 9.91. The maximum Gasteiger partial charge on any atom is 0.494 e. The summed E-state index contributed by atoms with van der Waals surface area (Å²) in [5.41, 5.74) is 1.36. The fourth-order valence-electron chi connectivity index (χ4n) is 3.50. The van der Waals surface area contributed by atoms with Gasteiger partial charge >= 0.3 is 13.1 Å². The first-order valence-corrected chi connectivity index (χ1v) is 9.91. The summed E-state index contributed by atoms with van der Waals surface area (Å²) in [4.78, 5) is 13.9. The van der Waals surface area contributed by atoms with Crippen molar-refractivity contribution in [1.29, 1.82) is 0 Å². The lowest BCUT2D eigenvalue weighted by molar-refractivity contribution is -0.159. The molecule has 0 aromatic heterocycles. The van der Waals surface area contributed by atoms with E-state index in [1.54, 1.807) is 4.90 Å². The normalized spacial score (nSPS) is 24.1. The number of rotatable bonds is 3. The average Bonchev–Trinajstić information content (AvgIpc) is 2.76. The molecule has 1 aromatic rings. The molecule has 2 aliphatic rings. The zero-order chi connectivity index (χ0) is 20.9. The molecule has 1 saturated heterocycles. The Morgan fingerprint density at radius 2 is 1.86 bits per heavy atom. The quantitative estimate of drug-likeness (QED) is 0.632. The molecule has 6 nitrogen and oxygen atoms in total. The molecule has 0 aliphatic carbocycles. The minimum atomic E-state index is -0.862. The molecule has 7 heteroatoms. The van der Waals surface area contributed by atoms with E-state index in [4.69, 9.17) is 14.0 Å². The third-order valence-corrected chi connectivity index (χ3v) is 5.74. The first kappa shape index (κ1) is 21.3. The van der Waals surface area contributed by atoms with Gasteiger partial charge in [-0.2, -0.15) is 0 Å². The third kappa shape index (κ3) is 4.27. The maximum atomic E-state index is 12.2. The summed E-state index contributed by atoms with van der Waals surface area (Å²) in [7, 11) is -0.483. The van der Waals surface area contributed by atoms with E-state index in [1.165, 1.54) is 0 Å². The van der Waals surface area contributed by atoms with Crippen LogP contribution in [0.3, 0.4) is 0 Å². The average molecular weight is 389 g/mol. The van der Waals surface area contributed by atoms with Crippen molar-refractivity contribution in [2.45, 2.75) is 77.9 Å². The van der Waals surface area contributed by atoms with E-state index in [0.717, 1.165) is 23.0 Å². The van der Waals surface area contributed by atoms with Gasteiger partial charge in [0, 0.05) is 6.54 Å². The lowest BCUT2D eigenvalue weighted by Gasteiger charge is -2.34. The molecule has 3 rings (SSSR count). The van der Waals surface area contributed by atoms with E-state index in [0.29, 0.717) is 6.54 Å². The number of benzene rings is 1. The number of carbonyl (C=O) groups is 1. The zero-order valence-electron chi connectivity index (χ0n) is 18.0. The van der Waals surface area contributed by atoms with Gasteiger partial charge in [0.2, 0.25) is 0 Å². The van der Waals surface area contributed by atoms with Crippen molar-refractivity contribution in [3.8, 4) is 0 Å². The molecule has 154 valence electrons. The van der Waals surface area contributed by atoms with Gasteiger partial charge in [0.05, 0.1) is 17.7 Å². The van der Waals surface area contributed by atoms with Crippen LogP contribution in [0.15, 0.2) is 18.2 Å². The van der Waals surface area contributed by atoms with Gasteiger partial charge in [-0.1, -0.05) is 18.2 Å². The van der Waals surface area contributed by atoms with Crippen molar-refractivity contribution in [3.63, 3.8) is 0 Å². The molecule has 2 aliphatic heterocycles. The molecule has 1 atom stereocenters. The van der Waals surface area contributed by atoms with E-state index >= 15 is 0 Å². The van der Waals surface area contributed by atoms with Crippen LogP contribution in [0.1, 0.15) is 65.8 Å². The van der Waals surface area contributed by atoms with E-state index in [9.17, 15) is 9.90 Å². The standard InChI is InChI=1S/C21H32BNO5/c1-19(2,3)26-17(24)13-23-11-10-14-8-9-15(12-16(14)18(23)25)22-27-20(4,5)21(6,7)28-22/h8-9,12,18,25H,10-11,13H2,1-7H3. The Balaban J connectivity index is 1.77. The molecule has 1 N–H and O–H groups in total. The number of fused-ring (bicyclic) bond motifs is 1. The van der Waals surface area contributed by atoms with Crippen molar-refractivity contribution < 1.29 is 23.9 Å². The lowest BCUT2D eigenvalue weighted by atomic mass is 9.77. The predicted molar refractivity (Wildman–Crippen MR) is 108 cm³/mol. The van der Waals surface area contributed by atoms with E-state index < -0.39 is 30.1 Å². The molecule has 0 saturated carbocycles. The second-order valence-electron chi connectivity index (χ2n) is 9.73. The third-order valence-electron chi connectivity index (χ3n) is 5.74. The zero-order valence-corrected chi connectivity index (χ0v) is 18.0. The molecular formula is C21H32BNO5. The fraction of sp³-hybridized carbons (Fsp3) is 0.667. The van der Waals surface area contributed by atoms with Gasteiger partial charge in [-0.15, -0.1) is 0 Å². The topological polar surface area (TPSA) is 68.2 Å². The highest BCUT2D eigenvalue weighted by Gasteiger charge is 2.51. The van der Waals surface area contributed by atoms with Crippen LogP contribution in [0.4, 0.5) is 0 Å². The minimum Gasteiger partial charge on any atom is -0.459 e. The summed E-state index contributed by atoms with van der Waals surface area (Å²) < 4.78 is 17.7. The van der Waals surface area contributed by atoms with E-state index in [2.05, 4.69) is 0 Å². The molecule has 0 amide bonds. The summed E-state index contributed by atoms with van der Waals surface area (Å²) in [6.45, 7) is 14.2. The number of aliphatic hydroxyl groups is 1. The Morgan fingerprint density at radius 3 is 2.43 bits per heavy atom. The number of esters is 1. The van der Waals surface area contributed by atoms with Crippen LogP contribution in [0, 0.1) is 0 Å². The van der Waals surface area contributed by atoms with Crippen molar-refractivity contribution >= 4 is 18.6 Å². The van der Waals surface area contributed by atoms with Crippen LogP contribution in [-0.2, 0) is 25.3 Å². The van der Waals surface area contributed by atoms with Crippen molar-refractivity contribution in [2.75, 3.05) is 13.1 Å². The fourth-order valence-corrected chi connectivity index (χ4v) is 3.50. The summed E-state index contributed by atoms with van der Waals surface area (Å²) in [5, 5.41) is 10.9. The van der Waals surface area contributed by atoms with Gasteiger partial charge in [-0.25, -0.2) is 0 Å². The number of hydrogen-bond donors (Lipinski definition) is 1. The van der Waals surface area contributed by atoms with E-state index in [1.807, 2.05) is 66.7 Å². The van der Waals surface area contributed by atoms with Crippen LogP contribution in [0.25, 0.3) is 0 Å². The monoisotopic (exact) mass is 389 g/mol. The van der Waals surface area contributed by atoms with Gasteiger partial charge in [-0.3, -0.25) is 9.69 Å². The Morgan fingerprint density at radius 1 is 1.25 bits per heavy atom. The molecule has 0 spiro atoms. The SMILES string of the molecule is CC(C)(C)OC(=O)CN1CCc2ccc(B3OC(C)(C)C(C)(C)O3)cc2C1O. The Labute approximate surface area is 168 Å². The predicted octanol–water partition coefficient (Wildman–Crippen LogP) is 2.18. The van der Waals surface area contributed by atoms with Gasteiger partial charge in [-0.05, 0) is 71.5 Å². The summed E-state index contributed by atoms with van der Waals surface area (Å²) in [6.07, 6.45) is -0.0996. The van der Waals surface area contributed by atoms with Crippen molar-refractivity contribution in [3.05, 3.63) is 29.3 Å². The highest BCUT2D eigenvalue weighted by Crippen LogP contribution is 2.37. The molecular weight excluding hydrogens is 357 g/mol. The summed E-state index contributed by atoms with van der Waals surface area (Å²) in [6, 6.07) is 5.95. The van der Waals surface area contributed by atoms with Crippen LogP contribution >= 0.6 is 0 Å². The number of nitrogens with zero attached hydrogens (tertiary/aromatic N) is 1. The number of carbonyl (C=O) groups excluding carboxylic acids is 1. The Bertz CT molecular complexity index is 740. The number of ether oxygens (including phenoxy) is 1. The van der Waals surface area contributed by atoms with Gasteiger partial charge in [0.15, 0.2) is 0 Å². The van der Waals surface area contributed by atoms with Gasteiger partial charge < -0.3 is 19.2 Å². The first-order chi connectivity index (χ1) is 12.8. The van der Waals surface area contributed by atoms with Crippen LogP contribution in [-0.4, -0.2) is 53.0 Å².